The molecule has 0 spiro atoms. The van der Waals surface area contributed by atoms with Crippen LogP contribution in [0.25, 0.3) is 0 Å². The molecule has 0 saturated heterocycles. The average molecular weight is 394 g/mol. The van der Waals surface area contributed by atoms with Gasteiger partial charge in [-0.1, -0.05) is 83.1 Å². The fraction of sp³-hybridized carbons (Fsp3) is 0.840. The van der Waals surface area contributed by atoms with Gasteiger partial charge in [0.2, 0.25) is 0 Å². The van der Waals surface area contributed by atoms with Crippen molar-refractivity contribution in [3.05, 3.63) is 25.1 Å². The maximum Gasteiger partial charge on any atom is 0.166 e. The van der Waals surface area contributed by atoms with Crippen LogP contribution in [0.4, 0.5) is 0 Å². The van der Waals surface area contributed by atoms with E-state index in [9.17, 15) is 5.11 Å². The van der Waals surface area contributed by atoms with E-state index in [0.717, 1.165) is 17.6 Å². The number of aliphatic hydroxyl groups excluding tert-OH is 1. The topological polar surface area (TPSA) is 32.3 Å². The van der Waals surface area contributed by atoms with Crippen LogP contribution in [-0.2, 0) is 0 Å². The van der Waals surface area contributed by atoms with Gasteiger partial charge in [-0.3, -0.25) is 4.48 Å². The zero-order valence-corrected chi connectivity index (χ0v) is 18.8. The molecule has 3 heteroatoms. The number of hydrogen-bond donors (Lipinski definition) is 2. The van der Waals surface area contributed by atoms with Crippen LogP contribution < -0.4 is 5.32 Å². The Hall–Kier alpha value is -0.800. The summed E-state index contributed by atoms with van der Waals surface area (Å²) in [5.41, 5.74) is 0. The normalized spacial score (nSPS) is 21.1. The van der Waals surface area contributed by atoms with E-state index in [1.807, 2.05) is 6.08 Å². The lowest BCUT2D eigenvalue weighted by Crippen LogP contribution is -2.54. The molecule has 0 radical (unpaired) electrons. The first-order valence-electron chi connectivity index (χ1n) is 12.3. The highest BCUT2D eigenvalue weighted by Gasteiger charge is 2.35. The molecule has 1 aliphatic rings. The molecule has 1 heterocycles. The SMILES string of the molecule is C=CCCCCCCCCCCCCCCCCC1NC=C[N+]1(CC)CCO. The van der Waals surface area contributed by atoms with Crippen molar-refractivity contribution < 1.29 is 9.59 Å². The minimum atomic E-state index is 0.270. The van der Waals surface area contributed by atoms with Gasteiger partial charge in [-0.2, -0.15) is 0 Å². The Morgan fingerprint density at radius 2 is 1.36 bits per heavy atom. The van der Waals surface area contributed by atoms with E-state index >= 15 is 0 Å². The lowest BCUT2D eigenvalue weighted by atomic mass is 10.0. The third kappa shape index (κ3) is 10.7. The van der Waals surface area contributed by atoms with E-state index in [0.29, 0.717) is 6.17 Å². The zero-order chi connectivity index (χ0) is 20.3. The zero-order valence-electron chi connectivity index (χ0n) is 18.8. The van der Waals surface area contributed by atoms with Crippen molar-refractivity contribution in [3.63, 3.8) is 0 Å². The van der Waals surface area contributed by atoms with Crippen molar-refractivity contribution in [2.24, 2.45) is 0 Å². The largest absolute Gasteiger partial charge is 0.390 e. The van der Waals surface area contributed by atoms with Gasteiger partial charge in [-0.15, -0.1) is 6.58 Å². The Morgan fingerprint density at radius 3 is 1.82 bits per heavy atom. The van der Waals surface area contributed by atoms with Crippen molar-refractivity contribution in [1.82, 2.24) is 5.32 Å². The van der Waals surface area contributed by atoms with E-state index in [2.05, 4.69) is 31.2 Å². The molecule has 28 heavy (non-hydrogen) atoms. The van der Waals surface area contributed by atoms with Gasteiger partial charge in [-0.05, 0) is 26.2 Å². The first-order chi connectivity index (χ1) is 13.8. The predicted molar refractivity (Wildman–Crippen MR) is 123 cm³/mol. The molecule has 2 unspecified atom stereocenters. The highest BCUT2D eigenvalue weighted by molar-refractivity contribution is 4.84. The number of quaternary nitrogens is 1. The molecule has 3 nitrogen and oxygen atoms in total. The molecule has 0 saturated carbocycles. The summed E-state index contributed by atoms with van der Waals surface area (Å²) in [6.45, 7) is 8.17. The minimum Gasteiger partial charge on any atom is -0.390 e. The van der Waals surface area contributed by atoms with Crippen LogP contribution in [0.15, 0.2) is 25.1 Å². The summed E-state index contributed by atoms with van der Waals surface area (Å²) in [5.74, 6) is 0. The van der Waals surface area contributed by atoms with Gasteiger partial charge < -0.3 is 10.4 Å². The van der Waals surface area contributed by atoms with Gasteiger partial charge >= 0.3 is 0 Å². The number of nitrogens with one attached hydrogen (secondary N) is 1. The molecule has 1 rings (SSSR count). The molecule has 0 aromatic heterocycles. The van der Waals surface area contributed by atoms with Gasteiger partial charge in [0.05, 0.1) is 19.4 Å². The van der Waals surface area contributed by atoms with E-state index in [4.69, 9.17) is 0 Å². The summed E-state index contributed by atoms with van der Waals surface area (Å²) in [7, 11) is 0. The summed E-state index contributed by atoms with van der Waals surface area (Å²) in [4.78, 5) is 0. The Bertz CT molecular complexity index is 396. The van der Waals surface area contributed by atoms with Crippen molar-refractivity contribution in [1.29, 1.82) is 0 Å². The number of aliphatic hydroxyl groups is 1. The number of likely N-dealkylation sites (N-methyl/N-ethyl adjacent to an activating group) is 1. The highest BCUT2D eigenvalue weighted by atomic mass is 16.3. The minimum absolute atomic E-state index is 0.270. The van der Waals surface area contributed by atoms with Gasteiger partial charge in [0, 0.05) is 6.42 Å². The number of nitrogens with zero attached hydrogens (tertiary/aromatic N) is 1. The van der Waals surface area contributed by atoms with Crippen LogP contribution >= 0.6 is 0 Å². The molecule has 0 aromatic carbocycles. The van der Waals surface area contributed by atoms with Crippen LogP contribution in [0.3, 0.4) is 0 Å². The molecular formula is C25H49N2O+. The second-order valence-corrected chi connectivity index (χ2v) is 8.68. The van der Waals surface area contributed by atoms with Crippen LogP contribution in [-0.4, -0.2) is 35.5 Å². The highest BCUT2D eigenvalue weighted by Crippen LogP contribution is 2.23. The fourth-order valence-electron chi connectivity index (χ4n) is 4.54. The molecule has 2 N–H and O–H groups in total. The van der Waals surface area contributed by atoms with Crippen molar-refractivity contribution >= 4 is 0 Å². The van der Waals surface area contributed by atoms with Crippen LogP contribution in [0.5, 0.6) is 0 Å². The Labute approximate surface area is 175 Å². The molecule has 2 atom stereocenters. The quantitative estimate of drug-likeness (QED) is 0.138. The predicted octanol–water partition coefficient (Wildman–Crippen LogP) is 6.64. The lowest BCUT2D eigenvalue weighted by Gasteiger charge is -2.36. The molecule has 164 valence electrons. The van der Waals surface area contributed by atoms with Gasteiger partial charge in [-0.25, -0.2) is 0 Å². The number of unbranched alkanes of at least 4 members (excludes halogenated alkanes) is 14. The fourth-order valence-corrected chi connectivity index (χ4v) is 4.54. The molecule has 0 amide bonds. The summed E-state index contributed by atoms with van der Waals surface area (Å²) in [6, 6.07) is 0. The first kappa shape index (κ1) is 25.2. The van der Waals surface area contributed by atoms with E-state index in [-0.39, 0.29) is 6.61 Å². The maximum absolute atomic E-state index is 9.37. The number of hydrogen-bond acceptors (Lipinski definition) is 2. The molecule has 1 aliphatic heterocycles. The molecular weight excluding hydrogens is 344 g/mol. The van der Waals surface area contributed by atoms with E-state index in [1.165, 1.54) is 103 Å². The van der Waals surface area contributed by atoms with Crippen molar-refractivity contribution in [2.75, 3.05) is 19.7 Å². The van der Waals surface area contributed by atoms with Crippen LogP contribution in [0.1, 0.15) is 110 Å². The van der Waals surface area contributed by atoms with Crippen LogP contribution in [0.2, 0.25) is 0 Å². The van der Waals surface area contributed by atoms with Gasteiger partial charge in [0.1, 0.15) is 12.7 Å². The first-order valence-corrected chi connectivity index (χ1v) is 12.3. The average Bonchev–Trinajstić information content (AvgIpc) is 3.11. The molecule has 0 fully saturated rings. The second kappa shape index (κ2) is 17.1. The summed E-state index contributed by atoms with van der Waals surface area (Å²) in [5, 5.41) is 12.9. The number of allylic oxidation sites excluding steroid dienone is 1. The Balaban J connectivity index is 1.85. The van der Waals surface area contributed by atoms with Crippen LogP contribution in [0, 0.1) is 0 Å². The number of rotatable bonds is 20. The van der Waals surface area contributed by atoms with Crippen molar-refractivity contribution in [3.8, 4) is 0 Å². The molecule has 0 bridgehead atoms. The lowest BCUT2D eigenvalue weighted by molar-refractivity contribution is -0.900. The monoisotopic (exact) mass is 393 g/mol. The smallest absolute Gasteiger partial charge is 0.166 e. The standard InChI is InChI=1S/C25H49N2O/c1-3-5-6-7-8-9-10-11-12-13-14-15-16-17-18-19-20-25-26-21-22-27(25,4-2)23-24-28/h3,21-22,25-26,28H,1,4-20,23-24H2,2H3/q+1. The Kier molecular flexibility index (Phi) is 15.4. The summed E-state index contributed by atoms with van der Waals surface area (Å²) in [6.07, 6.45) is 28.9. The second-order valence-electron chi connectivity index (χ2n) is 8.68. The van der Waals surface area contributed by atoms with Crippen molar-refractivity contribution in [2.45, 2.75) is 116 Å². The van der Waals surface area contributed by atoms with E-state index in [1.54, 1.807) is 0 Å². The van der Waals surface area contributed by atoms with E-state index < -0.39 is 0 Å². The third-order valence-corrected chi connectivity index (χ3v) is 6.52. The maximum atomic E-state index is 9.37. The van der Waals surface area contributed by atoms with Gasteiger partial charge in [0.25, 0.3) is 0 Å². The Morgan fingerprint density at radius 1 is 0.857 bits per heavy atom. The third-order valence-electron chi connectivity index (χ3n) is 6.52. The summed E-state index contributed by atoms with van der Waals surface area (Å²) >= 11 is 0. The molecule has 0 aliphatic carbocycles. The van der Waals surface area contributed by atoms with Gasteiger partial charge in [0.15, 0.2) is 6.17 Å². The summed E-state index contributed by atoms with van der Waals surface area (Å²) < 4.78 is 0.908. The molecule has 0 aromatic rings.